The van der Waals surface area contributed by atoms with E-state index in [1.165, 1.54) is 0 Å². The number of sulfonamides is 1. The van der Waals surface area contributed by atoms with Crippen molar-refractivity contribution in [3.63, 3.8) is 0 Å². The zero-order valence-corrected chi connectivity index (χ0v) is 9.53. The first-order valence-corrected chi connectivity index (χ1v) is 6.38. The molecule has 0 spiro atoms. The minimum atomic E-state index is -3.35. The van der Waals surface area contributed by atoms with Crippen LogP contribution in [0.4, 0.5) is 0 Å². The molecule has 0 aliphatic rings. The highest BCUT2D eigenvalue weighted by Crippen LogP contribution is 2.09. The zero-order valence-electron chi connectivity index (χ0n) is 7.20. The van der Waals surface area contributed by atoms with Gasteiger partial charge in [-0.3, -0.25) is 0 Å². The van der Waals surface area contributed by atoms with Crippen LogP contribution in [-0.2, 0) is 16.6 Å². The summed E-state index contributed by atoms with van der Waals surface area (Å²) >= 11 is 10.9. The van der Waals surface area contributed by atoms with Gasteiger partial charge in [-0.05, 0) is 17.7 Å². The quantitative estimate of drug-likeness (QED) is 0.835. The van der Waals surface area contributed by atoms with Gasteiger partial charge in [-0.1, -0.05) is 23.7 Å². The van der Waals surface area contributed by atoms with Crippen LogP contribution in [0.5, 0.6) is 0 Å². The molecule has 0 aliphatic heterocycles. The van der Waals surface area contributed by atoms with Crippen LogP contribution in [0.3, 0.4) is 0 Å². The molecule has 0 bridgehead atoms. The number of nitrogens with one attached hydrogen (secondary N) is 1. The van der Waals surface area contributed by atoms with Crippen LogP contribution in [0, 0.1) is 0 Å². The summed E-state index contributed by atoms with van der Waals surface area (Å²) in [7, 11) is -3.35. The van der Waals surface area contributed by atoms with Crippen molar-refractivity contribution >= 4 is 33.2 Å². The molecule has 0 atom stereocenters. The Kier molecular flexibility index (Phi) is 4.19. The third-order valence-corrected chi connectivity index (χ3v) is 3.54. The van der Waals surface area contributed by atoms with Crippen molar-refractivity contribution in [1.82, 2.24) is 4.72 Å². The van der Waals surface area contributed by atoms with Crippen LogP contribution in [-0.4, -0.2) is 13.6 Å². The summed E-state index contributed by atoms with van der Waals surface area (Å²) < 4.78 is 24.3. The van der Waals surface area contributed by atoms with Crippen LogP contribution >= 0.6 is 23.2 Å². The molecule has 0 saturated heterocycles. The third-order valence-electron chi connectivity index (χ3n) is 1.55. The molecule has 0 saturated carbocycles. The van der Waals surface area contributed by atoms with E-state index in [2.05, 4.69) is 4.72 Å². The molecule has 1 rings (SSSR count). The highest BCUT2D eigenvalue weighted by atomic mass is 35.5. The lowest BCUT2D eigenvalue weighted by molar-refractivity contribution is 0.586. The van der Waals surface area contributed by atoms with Crippen LogP contribution in [0.15, 0.2) is 24.3 Å². The first-order chi connectivity index (χ1) is 6.53. The predicted octanol–water partition coefficient (Wildman–Crippen LogP) is 1.96. The minimum Gasteiger partial charge on any atom is -0.211 e. The molecule has 0 amide bonds. The summed E-state index contributed by atoms with van der Waals surface area (Å²) in [6.07, 6.45) is 0. The topological polar surface area (TPSA) is 46.2 Å². The number of halogens is 2. The van der Waals surface area contributed by atoms with Crippen molar-refractivity contribution in [2.24, 2.45) is 0 Å². The van der Waals surface area contributed by atoms with Crippen molar-refractivity contribution in [3.05, 3.63) is 34.9 Å². The summed E-state index contributed by atoms with van der Waals surface area (Å²) in [6.45, 7) is 0.228. The highest BCUT2D eigenvalue weighted by Gasteiger charge is 2.06. The molecule has 0 aromatic heterocycles. The Labute approximate surface area is 93.1 Å². The van der Waals surface area contributed by atoms with E-state index in [0.717, 1.165) is 5.56 Å². The molecule has 1 aromatic rings. The van der Waals surface area contributed by atoms with E-state index in [1.54, 1.807) is 24.3 Å². The van der Waals surface area contributed by atoms with Crippen molar-refractivity contribution in [2.75, 3.05) is 5.21 Å². The van der Waals surface area contributed by atoms with Gasteiger partial charge in [0.05, 0.1) is 0 Å². The molecule has 78 valence electrons. The van der Waals surface area contributed by atoms with Gasteiger partial charge in [0.25, 0.3) is 0 Å². The van der Waals surface area contributed by atoms with Crippen LogP contribution < -0.4 is 4.72 Å². The maximum atomic E-state index is 11.0. The fourth-order valence-electron chi connectivity index (χ4n) is 0.834. The third kappa shape index (κ3) is 3.84. The first kappa shape index (κ1) is 11.8. The predicted molar refractivity (Wildman–Crippen MR) is 57.9 cm³/mol. The van der Waals surface area contributed by atoms with Gasteiger partial charge in [0.1, 0.15) is 5.21 Å². The fraction of sp³-hybridized carbons (Fsp3) is 0.250. The number of benzene rings is 1. The SMILES string of the molecule is O=S(=O)(CCl)NCc1ccc(Cl)cc1. The van der Waals surface area contributed by atoms with E-state index in [-0.39, 0.29) is 6.54 Å². The van der Waals surface area contributed by atoms with Gasteiger partial charge in [-0.15, -0.1) is 11.6 Å². The molecule has 3 nitrogen and oxygen atoms in total. The molecule has 0 unspecified atom stereocenters. The van der Waals surface area contributed by atoms with E-state index in [0.29, 0.717) is 5.02 Å². The number of hydrogen-bond acceptors (Lipinski definition) is 2. The highest BCUT2D eigenvalue weighted by molar-refractivity contribution is 7.90. The van der Waals surface area contributed by atoms with E-state index >= 15 is 0 Å². The van der Waals surface area contributed by atoms with Gasteiger partial charge in [-0.25, -0.2) is 13.1 Å². The first-order valence-electron chi connectivity index (χ1n) is 3.81. The standard InChI is InChI=1S/C8H9Cl2NO2S/c9-6-14(12,13)11-5-7-1-3-8(10)4-2-7/h1-4,11H,5-6H2. The number of hydrogen-bond donors (Lipinski definition) is 1. The fourth-order valence-corrected chi connectivity index (χ4v) is 1.66. The van der Waals surface area contributed by atoms with Gasteiger partial charge in [0.15, 0.2) is 0 Å². The van der Waals surface area contributed by atoms with Gasteiger partial charge in [-0.2, -0.15) is 0 Å². The van der Waals surface area contributed by atoms with Crippen molar-refractivity contribution in [1.29, 1.82) is 0 Å². The molecular formula is C8H9Cl2NO2S. The molecule has 1 N–H and O–H groups in total. The van der Waals surface area contributed by atoms with E-state index in [9.17, 15) is 8.42 Å². The second-order valence-electron chi connectivity index (χ2n) is 2.67. The molecule has 0 heterocycles. The Balaban J connectivity index is 2.59. The van der Waals surface area contributed by atoms with Crippen molar-refractivity contribution in [2.45, 2.75) is 6.54 Å². The summed E-state index contributed by atoms with van der Waals surface area (Å²) in [5.41, 5.74) is 0.836. The summed E-state index contributed by atoms with van der Waals surface area (Å²) in [6, 6.07) is 6.90. The van der Waals surface area contributed by atoms with Gasteiger partial charge in [0.2, 0.25) is 10.0 Å². The molecule has 1 aromatic carbocycles. The lowest BCUT2D eigenvalue weighted by atomic mass is 10.2. The lowest BCUT2D eigenvalue weighted by Gasteiger charge is -2.03. The summed E-state index contributed by atoms with van der Waals surface area (Å²) in [5.74, 6) is 0. The monoisotopic (exact) mass is 253 g/mol. The maximum Gasteiger partial charge on any atom is 0.225 e. The van der Waals surface area contributed by atoms with E-state index in [1.807, 2.05) is 0 Å². The maximum absolute atomic E-state index is 11.0. The summed E-state index contributed by atoms with van der Waals surface area (Å²) in [5, 5.41) is 0.189. The molecule has 0 aliphatic carbocycles. The van der Waals surface area contributed by atoms with Crippen molar-refractivity contribution < 1.29 is 8.42 Å². The van der Waals surface area contributed by atoms with Crippen LogP contribution in [0.1, 0.15) is 5.56 Å². The van der Waals surface area contributed by atoms with Crippen molar-refractivity contribution in [3.8, 4) is 0 Å². The molecule has 0 radical (unpaired) electrons. The van der Waals surface area contributed by atoms with E-state index in [4.69, 9.17) is 23.2 Å². The Hall–Kier alpha value is -0.290. The summed E-state index contributed by atoms with van der Waals surface area (Å²) in [4.78, 5) is 0. The average Bonchev–Trinajstić information content (AvgIpc) is 2.17. The Bertz CT molecular complexity index is 388. The largest absolute Gasteiger partial charge is 0.225 e. The number of alkyl halides is 1. The normalized spacial score (nSPS) is 11.6. The van der Waals surface area contributed by atoms with E-state index < -0.39 is 15.2 Å². The second-order valence-corrected chi connectivity index (χ2v) is 5.50. The Morgan fingerprint density at radius 1 is 1.21 bits per heavy atom. The molecule has 14 heavy (non-hydrogen) atoms. The van der Waals surface area contributed by atoms with Gasteiger partial charge >= 0.3 is 0 Å². The second kappa shape index (κ2) is 4.98. The smallest absolute Gasteiger partial charge is 0.211 e. The minimum absolute atomic E-state index is 0.228. The van der Waals surface area contributed by atoms with Gasteiger partial charge < -0.3 is 0 Å². The average molecular weight is 254 g/mol. The molecule has 6 heteroatoms. The van der Waals surface area contributed by atoms with Crippen LogP contribution in [0.2, 0.25) is 5.02 Å². The molecule has 0 fully saturated rings. The Morgan fingerprint density at radius 3 is 2.29 bits per heavy atom. The Morgan fingerprint density at radius 2 is 1.79 bits per heavy atom. The lowest BCUT2D eigenvalue weighted by Crippen LogP contribution is -2.23. The van der Waals surface area contributed by atoms with Crippen LogP contribution in [0.25, 0.3) is 0 Å². The molecular weight excluding hydrogens is 245 g/mol. The van der Waals surface area contributed by atoms with Gasteiger partial charge in [0, 0.05) is 11.6 Å². The zero-order chi connectivity index (χ0) is 10.6. The number of rotatable bonds is 4.